The molecule has 0 unspecified atom stereocenters. The molecule has 0 aliphatic carbocycles. The third-order valence-corrected chi connectivity index (χ3v) is 2.49. The summed E-state index contributed by atoms with van der Waals surface area (Å²) in [6, 6.07) is 0. The zero-order valence-corrected chi connectivity index (χ0v) is 10.3. The molecular weight excluding hydrogens is 242 g/mol. The fourth-order valence-electron chi connectivity index (χ4n) is 1.45. The van der Waals surface area contributed by atoms with Gasteiger partial charge in [0, 0.05) is 19.5 Å². The van der Waals surface area contributed by atoms with E-state index in [1.807, 2.05) is 18.9 Å². The topological polar surface area (TPSA) is 83.5 Å². The molecule has 17 heavy (non-hydrogen) atoms. The van der Waals surface area contributed by atoms with Crippen molar-refractivity contribution < 1.29 is 0 Å². The number of likely N-dealkylation sites (N-methyl/N-ethyl adjacent to an activating group) is 1. The maximum atomic E-state index is 5.73. The van der Waals surface area contributed by atoms with Gasteiger partial charge in [-0.1, -0.05) is 23.7 Å². The summed E-state index contributed by atoms with van der Waals surface area (Å²) in [5.74, 6) is 1.42. The van der Waals surface area contributed by atoms with Gasteiger partial charge >= 0.3 is 0 Å². The average Bonchev–Trinajstić information content (AvgIpc) is 2.83. The van der Waals surface area contributed by atoms with Gasteiger partial charge in [-0.2, -0.15) is 5.21 Å². The summed E-state index contributed by atoms with van der Waals surface area (Å²) >= 11 is 5.73. The van der Waals surface area contributed by atoms with Crippen LogP contribution in [0.1, 0.15) is 18.7 Å². The summed E-state index contributed by atoms with van der Waals surface area (Å²) in [7, 11) is 1.90. The predicted octanol–water partition coefficient (Wildman–Crippen LogP) is 0.883. The number of hydrogen-bond donors (Lipinski definition) is 1. The Morgan fingerprint density at radius 2 is 2.12 bits per heavy atom. The molecule has 2 rings (SSSR count). The van der Waals surface area contributed by atoms with Crippen LogP contribution >= 0.6 is 11.6 Å². The zero-order chi connectivity index (χ0) is 12.3. The Morgan fingerprint density at radius 3 is 2.71 bits per heavy atom. The fourth-order valence-corrected chi connectivity index (χ4v) is 1.55. The molecule has 90 valence electrons. The summed E-state index contributed by atoms with van der Waals surface area (Å²) in [5, 5.41) is 14.4. The smallest absolute Gasteiger partial charge is 0.225 e. The van der Waals surface area contributed by atoms with E-state index in [-0.39, 0.29) is 5.92 Å². The second-order valence-electron chi connectivity index (χ2n) is 3.75. The first-order valence-electron chi connectivity index (χ1n) is 5.09. The third kappa shape index (κ3) is 2.88. The van der Waals surface area contributed by atoms with Gasteiger partial charge in [0.25, 0.3) is 0 Å². The maximum Gasteiger partial charge on any atom is 0.225 e. The highest BCUT2D eigenvalue weighted by molar-refractivity contribution is 6.30. The van der Waals surface area contributed by atoms with Crippen LogP contribution < -0.4 is 4.90 Å². The van der Waals surface area contributed by atoms with E-state index in [1.54, 1.807) is 12.4 Å². The van der Waals surface area contributed by atoms with Crippen LogP contribution in [0.3, 0.4) is 0 Å². The number of rotatable bonds is 4. The quantitative estimate of drug-likeness (QED) is 0.871. The lowest BCUT2D eigenvalue weighted by Crippen LogP contribution is -2.25. The monoisotopic (exact) mass is 253 g/mol. The van der Waals surface area contributed by atoms with Gasteiger partial charge in [0.15, 0.2) is 5.82 Å². The van der Waals surface area contributed by atoms with E-state index in [2.05, 4.69) is 30.6 Å². The summed E-state index contributed by atoms with van der Waals surface area (Å²) < 4.78 is 0. The highest BCUT2D eigenvalue weighted by Crippen LogP contribution is 2.14. The highest BCUT2D eigenvalue weighted by Gasteiger charge is 2.14. The van der Waals surface area contributed by atoms with Gasteiger partial charge in [-0.3, -0.25) is 0 Å². The van der Waals surface area contributed by atoms with Crippen molar-refractivity contribution in [3.8, 4) is 0 Å². The van der Waals surface area contributed by atoms with Crippen molar-refractivity contribution in [3.05, 3.63) is 23.2 Å². The molecule has 8 heteroatoms. The number of nitrogens with one attached hydrogen (secondary N) is 1. The van der Waals surface area contributed by atoms with Crippen molar-refractivity contribution in [2.24, 2.45) is 0 Å². The van der Waals surface area contributed by atoms with Crippen LogP contribution in [0, 0.1) is 0 Å². The Morgan fingerprint density at radius 1 is 1.41 bits per heavy atom. The summed E-state index contributed by atoms with van der Waals surface area (Å²) in [5.41, 5.74) is 0. The first-order valence-corrected chi connectivity index (χ1v) is 5.46. The molecule has 2 heterocycles. The van der Waals surface area contributed by atoms with Crippen LogP contribution in [-0.4, -0.2) is 44.2 Å². The van der Waals surface area contributed by atoms with E-state index < -0.39 is 0 Å². The summed E-state index contributed by atoms with van der Waals surface area (Å²) in [4.78, 5) is 10.2. The molecular formula is C9H12ClN7. The van der Waals surface area contributed by atoms with Crippen LogP contribution in [0.15, 0.2) is 12.4 Å². The molecule has 1 atom stereocenters. The summed E-state index contributed by atoms with van der Waals surface area (Å²) in [6.45, 7) is 2.71. The van der Waals surface area contributed by atoms with E-state index in [9.17, 15) is 0 Å². The van der Waals surface area contributed by atoms with E-state index in [0.29, 0.717) is 23.3 Å². The van der Waals surface area contributed by atoms with Crippen molar-refractivity contribution in [2.45, 2.75) is 12.8 Å². The second kappa shape index (κ2) is 5.05. The molecule has 0 radical (unpaired) electrons. The number of aromatic nitrogens is 6. The van der Waals surface area contributed by atoms with E-state index >= 15 is 0 Å². The van der Waals surface area contributed by atoms with Gasteiger partial charge in [0.2, 0.25) is 5.95 Å². The number of anilines is 1. The maximum absolute atomic E-state index is 5.73. The summed E-state index contributed by atoms with van der Waals surface area (Å²) in [6.07, 6.45) is 3.14. The molecule has 2 aromatic rings. The fraction of sp³-hybridized carbons (Fsp3) is 0.444. The van der Waals surface area contributed by atoms with Crippen LogP contribution in [0.2, 0.25) is 5.02 Å². The predicted molar refractivity (Wildman–Crippen MR) is 62.9 cm³/mol. The largest absolute Gasteiger partial charge is 0.343 e. The Hall–Kier alpha value is -1.76. The van der Waals surface area contributed by atoms with Gasteiger partial charge in [-0.25, -0.2) is 9.97 Å². The van der Waals surface area contributed by atoms with Crippen LogP contribution in [0.25, 0.3) is 0 Å². The van der Waals surface area contributed by atoms with Gasteiger partial charge in [-0.15, -0.1) is 10.2 Å². The molecule has 0 saturated carbocycles. The Bertz CT molecular complexity index is 455. The first-order chi connectivity index (χ1) is 8.16. The third-order valence-electron chi connectivity index (χ3n) is 2.30. The molecule has 0 aromatic carbocycles. The lowest BCUT2D eigenvalue weighted by atomic mass is 10.1. The number of hydrogen-bond acceptors (Lipinski definition) is 6. The molecule has 7 nitrogen and oxygen atoms in total. The first kappa shape index (κ1) is 11.7. The highest BCUT2D eigenvalue weighted by atomic mass is 35.5. The zero-order valence-electron chi connectivity index (χ0n) is 9.50. The van der Waals surface area contributed by atoms with Gasteiger partial charge in [0.1, 0.15) is 0 Å². The molecule has 0 spiro atoms. The van der Waals surface area contributed by atoms with Crippen molar-refractivity contribution in [3.63, 3.8) is 0 Å². The van der Waals surface area contributed by atoms with Crippen LogP contribution in [0.5, 0.6) is 0 Å². The minimum Gasteiger partial charge on any atom is -0.343 e. The van der Waals surface area contributed by atoms with Crippen molar-refractivity contribution >= 4 is 17.5 Å². The molecule has 0 bridgehead atoms. The molecule has 0 saturated heterocycles. The number of nitrogens with zero attached hydrogens (tertiary/aromatic N) is 6. The Balaban J connectivity index is 2.01. The number of H-pyrrole nitrogens is 1. The molecule has 0 fully saturated rings. The lowest BCUT2D eigenvalue weighted by Gasteiger charge is -2.19. The Kier molecular flexibility index (Phi) is 3.48. The van der Waals surface area contributed by atoms with E-state index in [0.717, 1.165) is 0 Å². The van der Waals surface area contributed by atoms with Crippen LogP contribution in [0.4, 0.5) is 5.95 Å². The molecule has 0 amide bonds. The number of aromatic amines is 1. The lowest BCUT2D eigenvalue weighted by molar-refractivity contribution is 0.676. The minimum absolute atomic E-state index is 0.137. The molecule has 0 aliphatic heterocycles. The van der Waals surface area contributed by atoms with Gasteiger partial charge < -0.3 is 4.90 Å². The van der Waals surface area contributed by atoms with Crippen molar-refractivity contribution in [1.82, 2.24) is 30.6 Å². The van der Waals surface area contributed by atoms with E-state index in [4.69, 9.17) is 11.6 Å². The molecule has 0 aliphatic rings. The van der Waals surface area contributed by atoms with Gasteiger partial charge in [-0.05, 0) is 0 Å². The normalized spacial score (nSPS) is 12.4. The second-order valence-corrected chi connectivity index (χ2v) is 4.19. The van der Waals surface area contributed by atoms with Crippen molar-refractivity contribution in [1.29, 1.82) is 0 Å². The van der Waals surface area contributed by atoms with Gasteiger partial charge in [0.05, 0.1) is 17.4 Å². The van der Waals surface area contributed by atoms with E-state index in [1.165, 1.54) is 0 Å². The standard InChI is InChI=1S/C9H12ClN7/c1-6(8-13-15-16-14-8)5-17(2)9-11-3-7(10)4-12-9/h3-4,6H,5H2,1-2H3,(H,13,14,15,16)/t6-/m0/s1. The van der Waals surface area contributed by atoms with Crippen molar-refractivity contribution in [2.75, 3.05) is 18.5 Å². The molecule has 2 aromatic heterocycles. The number of tetrazole rings is 1. The Labute approximate surface area is 103 Å². The minimum atomic E-state index is 0.137. The van der Waals surface area contributed by atoms with Crippen LogP contribution in [-0.2, 0) is 0 Å². The molecule has 1 N–H and O–H groups in total. The number of halogens is 1. The average molecular weight is 254 g/mol. The SMILES string of the molecule is C[C@@H](CN(C)c1ncc(Cl)cn1)c1nn[nH]n1.